The number of aryl methyl sites for hydroxylation is 1. The van der Waals surface area contributed by atoms with E-state index >= 15 is 0 Å². The lowest BCUT2D eigenvalue weighted by molar-refractivity contribution is -0.116. The molecule has 2 rings (SSSR count). The molecule has 3 nitrogen and oxygen atoms in total. The van der Waals surface area contributed by atoms with Gasteiger partial charge in [-0.1, -0.05) is 44.2 Å². The molecule has 0 atom stereocenters. The molecule has 1 aliphatic rings. The van der Waals surface area contributed by atoms with Crippen LogP contribution in [0.25, 0.3) is 0 Å². The third-order valence-electron chi connectivity index (χ3n) is 4.38. The maximum absolute atomic E-state index is 12.0. The summed E-state index contributed by atoms with van der Waals surface area (Å²) in [6.07, 6.45) is 10.3. The average molecular weight is 288 g/mol. The first-order chi connectivity index (χ1) is 10.3. The largest absolute Gasteiger partial charge is 0.330 e. The van der Waals surface area contributed by atoms with Gasteiger partial charge in [0.2, 0.25) is 5.91 Å². The predicted octanol–water partition coefficient (Wildman–Crippen LogP) is 3.88. The zero-order valence-corrected chi connectivity index (χ0v) is 12.9. The summed E-state index contributed by atoms with van der Waals surface area (Å²) in [4.78, 5) is 12.0. The first kappa shape index (κ1) is 16.0. The highest BCUT2D eigenvalue weighted by Crippen LogP contribution is 2.27. The Labute approximate surface area is 128 Å². The number of anilines is 1. The molecule has 0 bridgehead atoms. The molecule has 1 amide bonds. The fourth-order valence-electron chi connectivity index (χ4n) is 3.15. The summed E-state index contributed by atoms with van der Waals surface area (Å²) in [6.45, 7) is 0.706. The standard InChI is InChI=1S/C18H28N2O/c19-13-5-9-16-8-4-10-17(14-16)20-18(21)12-11-15-6-2-1-3-7-15/h4,8,10,14-15H,1-3,5-7,9,11-13,19H2,(H,20,21). The van der Waals surface area contributed by atoms with Gasteiger partial charge in [-0.3, -0.25) is 4.79 Å². The molecule has 0 aliphatic heterocycles. The Morgan fingerprint density at radius 3 is 2.81 bits per heavy atom. The molecular weight excluding hydrogens is 260 g/mol. The maximum atomic E-state index is 12.0. The first-order valence-electron chi connectivity index (χ1n) is 8.37. The van der Waals surface area contributed by atoms with Crippen molar-refractivity contribution in [2.75, 3.05) is 11.9 Å². The lowest BCUT2D eigenvalue weighted by Gasteiger charge is -2.21. The third-order valence-corrected chi connectivity index (χ3v) is 4.38. The first-order valence-corrected chi connectivity index (χ1v) is 8.37. The second-order valence-corrected chi connectivity index (χ2v) is 6.18. The molecule has 0 spiro atoms. The quantitative estimate of drug-likeness (QED) is 0.800. The average Bonchev–Trinajstić information content (AvgIpc) is 2.52. The molecular formula is C18H28N2O. The number of benzene rings is 1. The third kappa shape index (κ3) is 5.88. The van der Waals surface area contributed by atoms with Crippen LogP contribution in [0, 0.1) is 5.92 Å². The molecule has 0 aromatic heterocycles. The van der Waals surface area contributed by atoms with Crippen molar-refractivity contribution in [1.29, 1.82) is 0 Å². The van der Waals surface area contributed by atoms with Crippen LogP contribution in [-0.4, -0.2) is 12.5 Å². The Morgan fingerprint density at radius 2 is 2.05 bits per heavy atom. The van der Waals surface area contributed by atoms with Crippen LogP contribution < -0.4 is 11.1 Å². The highest BCUT2D eigenvalue weighted by Gasteiger charge is 2.14. The molecule has 1 aromatic rings. The molecule has 1 aliphatic carbocycles. The summed E-state index contributed by atoms with van der Waals surface area (Å²) < 4.78 is 0. The number of hydrogen-bond acceptors (Lipinski definition) is 2. The van der Waals surface area contributed by atoms with Crippen LogP contribution in [0.3, 0.4) is 0 Å². The van der Waals surface area contributed by atoms with Gasteiger partial charge in [0.05, 0.1) is 0 Å². The van der Waals surface area contributed by atoms with Crippen LogP contribution in [0.15, 0.2) is 24.3 Å². The SMILES string of the molecule is NCCCc1cccc(NC(=O)CCC2CCCCC2)c1. The summed E-state index contributed by atoms with van der Waals surface area (Å²) >= 11 is 0. The summed E-state index contributed by atoms with van der Waals surface area (Å²) in [5, 5.41) is 3.03. The van der Waals surface area contributed by atoms with Crippen molar-refractivity contribution < 1.29 is 4.79 Å². The zero-order valence-electron chi connectivity index (χ0n) is 12.9. The number of amides is 1. The summed E-state index contributed by atoms with van der Waals surface area (Å²) in [5.41, 5.74) is 7.69. The molecule has 21 heavy (non-hydrogen) atoms. The van der Waals surface area contributed by atoms with E-state index in [-0.39, 0.29) is 5.91 Å². The second-order valence-electron chi connectivity index (χ2n) is 6.18. The minimum absolute atomic E-state index is 0.150. The monoisotopic (exact) mass is 288 g/mol. The Hall–Kier alpha value is -1.35. The molecule has 3 heteroatoms. The highest BCUT2D eigenvalue weighted by molar-refractivity contribution is 5.90. The van der Waals surface area contributed by atoms with Crippen LogP contribution in [0.4, 0.5) is 5.69 Å². The molecule has 0 unspecified atom stereocenters. The van der Waals surface area contributed by atoms with Crippen LogP contribution in [0.1, 0.15) is 56.9 Å². The van der Waals surface area contributed by atoms with Crippen molar-refractivity contribution in [2.24, 2.45) is 11.7 Å². The topological polar surface area (TPSA) is 55.1 Å². The molecule has 0 saturated heterocycles. The zero-order chi connectivity index (χ0) is 14.9. The van der Waals surface area contributed by atoms with Gasteiger partial charge in [-0.05, 0) is 49.4 Å². The smallest absolute Gasteiger partial charge is 0.224 e. The molecule has 0 heterocycles. The van der Waals surface area contributed by atoms with Gasteiger partial charge in [0, 0.05) is 12.1 Å². The van der Waals surface area contributed by atoms with E-state index in [9.17, 15) is 4.79 Å². The second kappa shape index (κ2) is 8.83. The van der Waals surface area contributed by atoms with E-state index in [2.05, 4.69) is 17.4 Å². The number of hydrogen-bond donors (Lipinski definition) is 2. The molecule has 1 fully saturated rings. The van der Waals surface area contributed by atoms with E-state index in [1.165, 1.54) is 37.7 Å². The summed E-state index contributed by atoms with van der Waals surface area (Å²) in [6, 6.07) is 8.12. The fourth-order valence-corrected chi connectivity index (χ4v) is 3.15. The van der Waals surface area contributed by atoms with Crippen LogP contribution in [0.2, 0.25) is 0 Å². The van der Waals surface area contributed by atoms with Gasteiger partial charge in [-0.15, -0.1) is 0 Å². The van der Waals surface area contributed by atoms with E-state index in [0.717, 1.165) is 30.9 Å². The van der Waals surface area contributed by atoms with Gasteiger partial charge in [-0.25, -0.2) is 0 Å². The van der Waals surface area contributed by atoms with E-state index in [0.29, 0.717) is 13.0 Å². The lowest BCUT2D eigenvalue weighted by Crippen LogP contribution is -2.15. The van der Waals surface area contributed by atoms with Gasteiger partial charge < -0.3 is 11.1 Å². The van der Waals surface area contributed by atoms with Crippen molar-refractivity contribution in [1.82, 2.24) is 0 Å². The lowest BCUT2D eigenvalue weighted by atomic mass is 9.86. The minimum Gasteiger partial charge on any atom is -0.330 e. The van der Waals surface area contributed by atoms with Gasteiger partial charge in [0.1, 0.15) is 0 Å². The van der Waals surface area contributed by atoms with Crippen LogP contribution in [-0.2, 0) is 11.2 Å². The van der Waals surface area contributed by atoms with Crippen molar-refractivity contribution in [2.45, 2.75) is 57.8 Å². The van der Waals surface area contributed by atoms with E-state index < -0.39 is 0 Å². The molecule has 1 aromatic carbocycles. The molecule has 3 N–H and O–H groups in total. The minimum atomic E-state index is 0.150. The number of rotatable bonds is 7. The van der Waals surface area contributed by atoms with E-state index in [4.69, 9.17) is 5.73 Å². The van der Waals surface area contributed by atoms with E-state index in [1.54, 1.807) is 0 Å². The Kier molecular flexibility index (Phi) is 6.74. The van der Waals surface area contributed by atoms with Gasteiger partial charge in [0.15, 0.2) is 0 Å². The maximum Gasteiger partial charge on any atom is 0.224 e. The normalized spacial score (nSPS) is 15.9. The van der Waals surface area contributed by atoms with E-state index in [1.807, 2.05) is 12.1 Å². The molecule has 116 valence electrons. The van der Waals surface area contributed by atoms with Crippen LogP contribution in [0.5, 0.6) is 0 Å². The summed E-state index contributed by atoms with van der Waals surface area (Å²) in [7, 11) is 0. The fraction of sp³-hybridized carbons (Fsp3) is 0.611. The number of nitrogens with one attached hydrogen (secondary N) is 1. The Bertz CT molecular complexity index is 439. The highest BCUT2D eigenvalue weighted by atomic mass is 16.1. The predicted molar refractivity (Wildman–Crippen MR) is 88.3 cm³/mol. The van der Waals surface area contributed by atoms with Gasteiger partial charge in [-0.2, -0.15) is 0 Å². The number of carbonyl (C=O) groups excluding carboxylic acids is 1. The van der Waals surface area contributed by atoms with Crippen molar-refractivity contribution in [3.05, 3.63) is 29.8 Å². The number of carbonyl (C=O) groups is 1. The Balaban J connectivity index is 1.76. The summed E-state index contributed by atoms with van der Waals surface area (Å²) in [5.74, 6) is 0.914. The van der Waals surface area contributed by atoms with Crippen LogP contribution >= 0.6 is 0 Å². The van der Waals surface area contributed by atoms with Crippen molar-refractivity contribution in [3.8, 4) is 0 Å². The van der Waals surface area contributed by atoms with Crippen molar-refractivity contribution in [3.63, 3.8) is 0 Å². The van der Waals surface area contributed by atoms with Crippen molar-refractivity contribution >= 4 is 11.6 Å². The van der Waals surface area contributed by atoms with Gasteiger partial charge >= 0.3 is 0 Å². The number of nitrogens with two attached hydrogens (primary N) is 1. The molecule has 1 saturated carbocycles. The molecule has 0 radical (unpaired) electrons. The van der Waals surface area contributed by atoms with Gasteiger partial charge in [0.25, 0.3) is 0 Å². The Morgan fingerprint density at radius 1 is 1.24 bits per heavy atom.